The van der Waals surface area contributed by atoms with E-state index in [1.165, 1.54) is 18.2 Å². The van der Waals surface area contributed by atoms with Crippen LogP contribution >= 0.6 is 11.8 Å². The van der Waals surface area contributed by atoms with Crippen LogP contribution in [0.3, 0.4) is 0 Å². The molecule has 5 nitrogen and oxygen atoms in total. The van der Waals surface area contributed by atoms with Gasteiger partial charge in [0, 0.05) is 31.5 Å². The van der Waals surface area contributed by atoms with Crippen LogP contribution in [0, 0.1) is 0 Å². The first-order valence-corrected chi connectivity index (χ1v) is 10.6. The van der Waals surface area contributed by atoms with E-state index in [1.54, 1.807) is 17.7 Å². The lowest BCUT2D eigenvalue weighted by molar-refractivity contribution is 0.0724. The number of carbonyl (C=O) groups excluding carboxylic acids is 1. The van der Waals surface area contributed by atoms with Crippen molar-refractivity contribution in [3.63, 3.8) is 0 Å². The van der Waals surface area contributed by atoms with Gasteiger partial charge in [-0.3, -0.25) is 14.2 Å². The maximum Gasteiger partial charge on any atom is 0.261 e. The first-order valence-electron chi connectivity index (χ1n) is 9.60. The van der Waals surface area contributed by atoms with Crippen LogP contribution in [0.4, 0.5) is 0 Å². The Morgan fingerprint density at radius 1 is 1.07 bits per heavy atom. The zero-order chi connectivity index (χ0) is 19.5. The number of hydrogen-bond acceptors (Lipinski definition) is 4. The standard InChI is InChI=1S/C22H23N3O2S/c1-24-21(27)18-10-3-4-11-19(18)23-22(24)28-15-16-8-7-9-17(14-16)20(26)25-12-5-2-6-13-25/h3-4,7-11,14H,2,5-6,12-13,15H2,1H3. The number of amides is 1. The summed E-state index contributed by atoms with van der Waals surface area (Å²) in [5, 5.41) is 1.31. The van der Waals surface area contributed by atoms with Crippen LogP contribution in [0.2, 0.25) is 0 Å². The molecule has 0 N–H and O–H groups in total. The number of para-hydroxylation sites is 1. The number of piperidine rings is 1. The summed E-state index contributed by atoms with van der Waals surface area (Å²) >= 11 is 1.51. The molecule has 1 aliphatic rings. The molecule has 1 saturated heterocycles. The van der Waals surface area contributed by atoms with Crippen molar-refractivity contribution in [2.45, 2.75) is 30.2 Å². The van der Waals surface area contributed by atoms with Gasteiger partial charge in [0.05, 0.1) is 10.9 Å². The van der Waals surface area contributed by atoms with Gasteiger partial charge in [0.15, 0.2) is 5.16 Å². The highest BCUT2D eigenvalue weighted by atomic mass is 32.2. The average Bonchev–Trinajstić information content (AvgIpc) is 2.75. The average molecular weight is 394 g/mol. The first-order chi connectivity index (χ1) is 13.6. The first kappa shape index (κ1) is 18.7. The van der Waals surface area contributed by atoms with E-state index in [2.05, 4.69) is 4.98 Å². The molecule has 1 fully saturated rings. The van der Waals surface area contributed by atoms with Crippen LogP contribution in [-0.4, -0.2) is 33.4 Å². The van der Waals surface area contributed by atoms with Crippen LogP contribution < -0.4 is 5.56 Å². The van der Waals surface area contributed by atoms with Crippen molar-refractivity contribution in [3.8, 4) is 0 Å². The summed E-state index contributed by atoms with van der Waals surface area (Å²) in [6, 6.07) is 15.2. The summed E-state index contributed by atoms with van der Waals surface area (Å²) in [5.41, 5.74) is 2.46. The van der Waals surface area contributed by atoms with Gasteiger partial charge in [0.2, 0.25) is 0 Å². The van der Waals surface area contributed by atoms with E-state index in [1.807, 2.05) is 47.4 Å². The highest BCUT2D eigenvalue weighted by Gasteiger charge is 2.18. The van der Waals surface area contributed by atoms with E-state index in [9.17, 15) is 9.59 Å². The molecule has 2 heterocycles. The molecule has 0 saturated carbocycles. The predicted octanol–water partition coefficient (Wildman–Crippen LogP) is 3.85. The number of likely N-dealkylation sites (tertiary alicyclic amines) is 1. The van der Waals surface area contributed by atoms with Gasteiger partial charge in [-0.25, -0.2) is 4.98 Å². The Morgan fingerprint density at radius 3 is 2.68 bits per heavy atom. The topological polar surface area (TPSA) is 55.2 Å². The van der Waals surface area contributed by atoms with E-state index < -0.39 is 0 Å². The lowest BCUT2D eigenvalue weighted by Crippen LogP contribution is -2.35. The molecule has 1 amide bonds. The van der Waals surface area contributed by atoms with Crippen molar-refractivity contribution in [1.82, 2.24) is 14.5 Å². The van der Waals surface area contributed by atoms with Gasteiger partial charge in [-0.2, -0.15) is 0 Å². The van der Waals surface area contributed by atoms with Crippen molar-refractivity contribution in [1.29, 1.82) is 0 Å². The third-order valence-corrected chi connectivity index (χ3v) is 6.23. The minimum atomic E-state index is -0.0397. The van der Waals surface area contributed by atoms with Crippen LogP contribution in [0.5, 0.6) is 0 Å². The van der Waals surface area contributed by atoms with E-state index in [0.717, 1.165) is 37.1 Å². The van der Waals surface area contributed by atoms with Crippen LogP contribution in [0.25, 0.3) is 10.9 Å². The molecule has 144 valence electrons. The van der Waals surface area contributed by atoms with E-state index in [4.69, 9.17) is 0 Å². The predicted molar refractivity (Wildman–Crippen MR) is 113 cm³/mol. The quantitative estimate of drug-likeness (QED) is 0.499. The second-order valence-electron chi connectivity index (χ2n) is 7.12. The molecule has 2 aromatic carbocycles. The molecular weight excluding hydrogens is 370 g/mol. The van der Waals surface area contributed by atoms with Crippen molar-refractivity contribution in [2.24, 2.45) is 7.05 Å². The molecule has 0 aliphatic carbocycles. The third-order valence-electron chi connectivity index (χ3n) is 5.13. The molecule has 28 heavy (non-hydrogen) atoms. The number of thioether (sulfide) groups is 1. The smallest absolute Gasteiger partial charge is 0.261 e. The van der Waals surface area contributed by atoms with E-state index in [-0.39, 0.29) is 11.5 Å². The van der Waals surface area contributed by atoms with Crippen molar-refractivity contribution in [3.05, 3.63) is 70.0 Å². The molecular formula is C22H23N3O2S. The highest BCUT2D eigenvalue weighted by Crippen LogP contribution is 2.23. The Balaban J connectivity index is 1.53. The normalized spacial score (nSPS) is 14.4. The van der Waals surface area contributed by atoms with Gasteiger partial charge in [-0.15, -0.1) is 0 Å². The lowest BCUT2D eigenvalue weighted by Gasteiger charge is -2.26. The molecule has 0 bridgehead atoms. The monoisotopic (exact) mass is 393 g/mol. The van der Waals surface area contributed by atoms with E-state index in [0.29, 0.717) is 21.8 Å². The number of aromatic nitrogens is 2. The molecule has 0 radical (unpaired) electrons. The number of rotatable bonds is 4. The number of benzene rings is 2. The summed E-state index contributed by atoms with van der Waals surface area (Å²) in [5.74, 6) is 0.766. The lowest BCUT2D eigenvalue weighted by atomic mass is 10.1. The summed E-state index contributed by atoms with van der Waals surface area (Å²) in [6.45, 7) is 1.70. The molecule has 0 atom stereocenters. The van der Waals surface area contributed by atoms with Gasteiger partial charge in [-0.1, -0.05) is 36.0 Å². The minimum absolute atomic E-state index is 0.0397. The number of nitrogens with zero attached hydrogens (tertiary/aromatic N) is 3. The fourth-order valence-electron chi connectivity index (χ4n) is 3.55. The fourth-order valence-corrected chi connectivity index (χ4v) is 4.46. The van der Waals surface area contributed by atoms with Crippen molar-refractivity contribution < 1.29 is 4.79 Å². The molecule has 3 aromatic rings. The Hall–Kier alpha value is -2.60. The maximum atomic E-state index is 12.7. The second kappa shape index (κ2) is 8.19. The Kier molecular flexibility index (Phi) is 5.48. The zero-order valence-electron chi connectivity index (χ0n) is 15.9. The van der Waals surface area contributed by atoms with Crippen LogP contribution in [0.15, 0.2) is 58.5 Å². The summed E-state index contributed by atoms with van der Waals surface area (Å²) in [4.78, 5) is 31.9. The van der Waals surface area contributed by atoms with E-state index >= 15 is 0 Å². The van der Waals surface area contributed by atoms with Crippen LogP contribution in [0.1, 0.15) is 35.2 Å². The molecule has 4 rings (SSSR count). The van der Waals surface area contributed by atoms with Crippen molar-refractivity contribution in [2.75, 3.05) is 13.1 Å². The number of carbonyl (C=O) groups is 1. The summed E-state index contributed by atoms with van der Waals surface area (Å²) < 4.78 is 1.59. The second-order valence-corrected chi connectivity index (χ2v) is 8.06. The van der Waals surface area contributed by atoms with Gasteiger partial charge >= 0.3 is 0 Å². The van der Waals surface area contributed by atoms with Gasteiger partial charge in [0.1, 0.15) is 0 Å². The van der Waals surface area contributed by atoms with Gasteiger partial charge in [-0.05, 0) is 49.1 Å². The van der Waals surface area contributed by atoms with Crippen LogP contribution in [-0.2, 0) is 12.8 Å². The van der Waals surface area contributed by atoms with Crippen molar-refractivity contribution >= 4 is 28.6 Å². The SMILES string of the molecule is Cn1c(SCc2cccc(C(=O)N3CCCCC3)c2)nc2ccccc2c1=O. The third kappa shape index (κ3) is 3.83. The van der Waals surface area contributed by atoms with Gasteiger partial charge in [0.25, 0.3) is 11.5 Å². The maximum absolute atomic E-state index is 12.7. The Labute approximate surface area is 168 Å². The molecule has 6 heteroatoms. The fraction of sp³-hybridized carbons (Fsp3) is 0.318. The summed E-state index contributed by atoms with van der Waals surface area (Å²) in [7, 11) is 1.75. The highest BCUT2D eigenvalue weighted by molar-refractivity contribution is 7.98. The number of fused-ring (bicyclic) bond motifs is 1. The Bertz CT molecular complexity index is 1070. The molecule has 0 unspecified atom stereocenters. The Morgan fingerprint density at radius 2 is 1.86 bits per heavy atom. The number of hydrogen-bond donors (Lipinski definition) is 0. The minimum Gasteiger partial charge on any atom is -0.339 e. The summed E-state index contributed by atoms with van der Waals surface area (Å²) in [6.07, 6.45) is 3.38. The molecule has 0 spiro atoms. The zero-order valence-corrected chi connectivity index (χ0v) is 16.7. The van der Waals surface area contributed by atoms with Gasteiger partial charge < -0.3 is 4.90 Å². The largest absolute Gasteiger partial charge is 0.339 e. The molecule has 1 aromatic heterocycles. The molecule has 1 aliphatic heterocycles.